The molecular weight excluding hydrogens is 390 g/mol. The number of carbonyl (C=O) groups is 1. The summed E-state index contributed by atoms with van der Waals surface area (Å²) in [6.07, 6.45) is 3.35. The second kappa shape index (κ2) is 8.46. The van der Waals surface area contributed by atoms with Gasteiger partial charge in [0.1, 0.15) is 0 Å². The first-order valence-electron chi connectivity index (χ1n) is 8.48. The van der Waals surface area contributed by atoms with E-state index in [1.807, 2.05) is 18.2 Å². The highest BCUT2D eigenvalue weighted by Gasteiger charge is 2.30. The second-order valence-corrected chi connectivity index (χ2v) is 9.90. The molecule has 7 heteroatoms. The summed E-state index contributed by atoms with van der Waals surface area (Å²) < 4.78 is 25.4. The molecule has 1 fully saturated rings. The fourth-order valence-electron chi connectivity index (χ4n) is 3.04. The Morgan fingerprint density at radius 1 is 1.12 bits per heavy atom. The topological polar surface area (TPSA) is 63.2 Å². The molecule has 0 aromatic heterocycles. The molecule has 0 bridgehead atoms. The van der Waals surface area contributed by atoms with Crippen molar-refractivity contribution in [1.82, 2.24) is 0 Å². The van der Waals surface area contributed by atoms with E-state index in [1.165, 1.54) is 11.8 Å². The summed E-state index contributed by atoms with van der Waals surface area (Å²) in [7, 11) is -3.33. The maximum Gasteiger partial charge on any atom is 0.234 e. The van der Waals surface area contributed by atoms with Gasteiger partial charge < -0.3 is 5.32 Å². The average molecular weight is 410 g/mol. The van der Waals surface area contributed by atoms with Crippen LogP contribution in [0.2, 0.25) is 5.02 Å². The van der Waals surface area contributed by atoms with Gasteiger partial charge in [0.25, 0.3) is 0 Å². The van der Waals surface area contributed by atoms with Crippen molar-refractivity contribution in [3.63, 3.8) is 0 Å². The molecule has 26 heavy (non-hydrogen) atoms. The highest BCUT2D eigenvalue weighted by molar-refractivity contribution is 8.00. The molecule has 1 N–H and O–H groups in total. The van der Waals surface area contributed by atoms with Crippen molar-refractivity contribution in [2.45, 2.75) is 40.7 Å². The molecule has 0 saturated heterocycles. The van der Waals surface area contributed by atoms with Crippen molar-refractivity contribution < 1.29 is 13.2 Å². The zero-order valence-electron chi connectivity index (χ0n) is 14.2. The minimum absolute atomic E-state index is 0.198. The first-order chi connectivity index (χ1) is 12.5. The van der Waals surface area contributed by atoms with E-state index >= 15 is 0 Å². The molecule has 1 aliphatic carbocycles. The zero-order valence-corrected chi connectivity index (χ0v) is 16.5. The lowest BCUT2D eigenvalue weighted by molar-refractivity contribution is -0.113. The van der Waals surface area contributed by atoms with Gasteiger partial charge in [0.2, 0.25) is 5.91 Å². The van der Waals surface area contributed by atoms with Crippen molar-refractivity contribution in [1.29, 1.82) is 0 Å². The standard InChI is InChI=1S/C19H20ClNO3S2/c20-17-10-3-4-11-18(17)25-13-19(22)21-14-6-5-9-16(12-14)26(23,24)15-7-1-2-8-15/h3-6,9-12,15H,1-2,7-8,13H2,(H,21,22). The van der Waals surface area contributed by atoms with Gasteiger partial charge >= 0.3 is 0 Å². The highest BCUT2D eigenvalue weighted by Crippen LogP contribution is 2.31. The molecule has 1 amide bonds. The number of thioether (sulfide) groups is 1. The third-order valence-electron chi connectivity index (χ3n) is 4.38. The minimum Gasteiger partial charge on any atom is -0.325 e. The van der Waals surface area contributed by atoms with E-state index in [2.05, 4.69) is 5.32 Å². The molecule has 3 rings (SSSR count). The summed E-state index contributed by atoms with van der Waals surface area (Å²) in [6.45, 7) is 0. The van der Waals surface area contributed by atoms with Gasteiger partial charge in [-0.05, 0) is 43.2 Å². The fourth-order valence-corrected chi connectivity index (χ4v) is 5.98. The molecular formula is C19H20ClNO3S2. The summed E-state index contributed by atoms with van der Waals surface area (Å²) in [4.78, 5) is 13.3. The number of hydrogen-bond donors (Lipinski definition) is 1. The van der Waals surface area contributed by atoms with Crippen molar-refractivity contribution in [2.75, 3.05) is 11.1 Å². The quantitative estimate of drug-likeness (QED) is 0.697. The average Bonchev–Trinajstić information content (AvgIpc) is 3.17. The van der Waals surface area contributed by atoms with Crippen LogP contribution in [0.15, 0.2) is 58.3 Å². The van der Waals surface area contributed by atoms with Crippen LogP contribution in [0, 0.1) is 0 Å². The molecule has 4 nitrogen and oxygen atoms in total. The molecule has 0 heterocycles. The van der Waals surface area contributed by atoms with Crippen molar-refractivity contribution in [3.05, 3.63) is 53.6 Å². The third-order valence-corrected chi connectivity index (χ3v) is 8.16. The first-order valence-corrected chi connectivity index (χ1v) is 11.4. The molecule has 0 aliphatic heterocycles. The highest BCUT2D eigenvalue weighted by atomic mass is 35.5. The number of halogens is 1. The van der Waals surface area contributed by atoms with Gasteiger partial charge in [0, 0.05) is 10.6 Å². The van der Waals surface area contributed by atoms with Crippen LogP contribution in [0.4, 0.5) is 5.69 Å². The van der Waals surface area contributed by atoms with E-state index in [0.717, 1.165) is 17.7 Å². The lowest BCUT2D eigenvalue weighted by Gasteiger charge is -2.12. The molecule has 0 atom stereocenters. The van der Waals surface area contributed by atoms with E-state index in [4.69, 9.17) is 11.6 Å². The van der Waals surface area contributed by atoms with Crippen LogP contribution in [0.1, 0.15) is 25.7 Å². The normalized spacial score (nSPS) is 15.1. The van der Waals surface area contributed by atoms with Crippen LogP contribution >= 0.6 is 23.4 Å². The maximum absolute atomic E-state index is 12.7. The van der Waals surface area contributed by atoms with Crippen LogP contribution in [-0.2, 0) is 14.6 Å². The molecule has 138 valence electrons. The van der Waals surface area contributed by atoms with Crippen LogP contribution in [0.3, 0.4) is 0 Å². The van der Waals surface area contributed by atoms with Crippen LogP contribution in [0.25, 0.3) is 0 Å². The van der Waals surface area contributed by atoms with Gasteiger partial charge in [-0.2, -0.15) is 0 Å². The van der Waals surface area contributed by atoms with Crippen molar-refractivity contribution >= 4 is 44.8 Å². The fraction of sp³-hybridized carbons (Fsp3) is 0.316. The molecule has 1 saturated carbocycles. The Balaban J connectivity index is 1.65. The van der Waals surface area contributed by atoms with Crippen molar-refractivity contribution in [2.24, 2.45) is 0 Å². The van der Waals surface area contributed by atoms with Gasteiger partial charge in [-0.1, -0.05) is 42.6 Å². The smallest absolute Gasteiger partial charge is 0.234 e. The lowest BCUT2D eigenvalue weighted by Crippen LogP contribution is -2.18. The number of amides is 1. The molecule has 0 unspecified atom stereocenters. The Labute approximate surface area is 163 Å². The zero-order chi connectivity index (χ0) is 18.6. The number of benzene rings is 2. The predicted molar refractivity (Wildman–Crippen MR) is 107 cm³/mol. The Morgan fingerprint density at radius 2 is 1.85 bits per heavy atom. The number of sulfone groups is 1. The third kappa shape index (κ3) is 4.61. The number of nitrogens with one attached hydrogen (secondary N) is 1. The molecule has 2 aromatic carbocycles. The number of rotatable bonds is 6. The van der Waals surface area contributed by atoms with Crippen LogP contribution in [0.5, 0.6) is 0 Å². The van der Waals surface area contributed by atoms with Crippen LogP contribution < -0.4 is 5.32 Å². The van der Waals surface area contributed by atoms with E-state index in [0.29, 0.717) is 23.6 Å². The second-order valence-electron chi connectivity index (χ2n) is 6.25. The van der Waals surface area contributed by atoms with Gasteiger partial charge in [-0.3, -0.25) is 4.79 Å². The van der Waals surface area contributed by atoms with Crippen molar-refractivity contribution in [3.8, 4) is 0 Å². The summed E-state index contributed by atoms with van der Waals surface area (Å²) >= 11 is 7.42. The number of anilines is 1. The molecule has 0 spiro atoms. The molecule has 2 aromatic rings. The largest absolute Gasteiger partial charge is 0.325 e. The summed E-state index contributed by atoms with van der Waals surface area (Å²) in [5.41, 5.74) is 0.494. The first kappa shape index (κ1) is 19.3. The Kier molecular flexibility index (Phi) is 6.27. The van der Waals surface area contributed by atoms with E-state index in [1.54, 1.807) is 30.3 Å². The van der Waals surface area contributed by atoms with Gasteiger partial charge in [-0.25, -0.2) is 8.42 Å². The lowest BCUT2D eigenvalue weighted by atomic mass is 10.3. The minimum atomic E-state index is -3.33. The number of hydrogen-bond acceptors (Lipinski definition) is 4. The summed E-state index contributed by atoms with van der Waals surface area (Å²) in [5, 5.41) is 3.07. The Bertz CT molecular complexity index is 893. The summed E-state index contributed by atoms with van der Waals surface area (Å²) in [6, 6.07) is 13.8. The molecule has 1 aliphatic rings. The number of carbonyl (C=O) groups excluding carboxylic acids is 1. The van der Waals surface area contributed by atoms with E-state index < -0.39 is 9.84 Å². The van der Waals surface area contributed by atoms with E-state index in [-0.39, 0.29) is 21.8 Å². The van der Waals surface area contributed by atoms with E-state index in [9.17, 15) is 13.2 Å². The Hall–Kier alpha value is -1.50. The van der Waals surface area contributed by atoms with Gasteiger partial charge in [-0.15, -0.1) is 11.8 Å². The molecule has 0 radical (unpaired) electrons. The summed E-state index contributed by atoms with van der Waals surface area (Å²) in [5.74, 6) is -0.00564. The van der Waals surface area contributed by atoms with Gasteiger partial charge in [0.15, 0.2) is 9.84 Å². The Morgan fingerprint density at radius 3 is 2.58 bits per heavy atom. The monoisotopic (exact) mass is 409 g/mol. The maximum atomic E-state index is 12.7. The van der Waals surface area contributed by atoms with Crippen LogP contribution in [-0.4, -0.2) is 25.3 Å². The predicted octanol–water partition coefficient (Wildman–Crippen LogP) is 4.79. The van der Waals surface area contributed by atoms with Gasteiger partial charge in [0.05, 0.1) is 20.9 Å². The SMILES string of the molecule is O=C(CSc1ccccc1Cl)Nc1cccc(S(=O)(=O)C2CCCC2)c1.